The van der Waals surface area contributed by atoms with Crippen LogP contribution >= 0.6 is 15.9 Å². The van der Waals surface area contributed by atoms with Crippen LogP contribution in [0.15, 0.2) is 38.5 Å². The number of nitrogens with two attached hydrogens (primary N) is 1. The topological polar surface area (TPSA) is 80.9 Å². The number of nitrogens with zero attached hydrogens (tertiary/aromatic N) is 1. The minimum atomic E-state index is -0.424. The molecule has 0 saturated carbocycles. The first-order chi connectivity index (χ1) is 8.47. The molecule has 0 atom stereocenters. The van der Waals surface area contributed by atoms with Crippen LogP contribution in [0.1, 0.15) is 11.1 Å². The van der Waals surface area contributed by atoms with Gasteiger partial charge in [0.25, 0.3) is 5.56 Å². The van der Waals surface area contributed by atoms with Gasteiger partial charge in [-0.3, -0.25) is 14.3 Å². The summed E-state index contributed by atoms with van der Waals surface area (Å²) in [6.45, 7) is 2.03. The van der Waals surface area contributed by atoms with Crippen molar-refractivity contribution < 1.29 is 0 Å². The van der Waals surface area contributed by atoms with Crippen LogP contribution in [0, 0.1) is 6.92 Å². The Morgan fingerprint density at radius 2 is 2.11 bits per heavy atom. The molecule has 0 spiro atoms. The molecule has 0 saturated heterocycles. The molecule has 0 aliphatic heterocycles. The molecule has 94 valence electrons. The molecule has 1 aromatic carbocycles. The molecule has 0 radical (unpaired) electrons. The highest BCUT2D eigenvalue weighted by Gasteiger charge is 2.03. The molecule has 0 fully saturated rings. The lowest BCUT2D eigenvalue weighted by atomic mass is 10.2. The van der Waals surface area contributed by atoms with Gasteiger partial charge in [-0.2, -0.15) is 0 Å². The largest absolute Gasteiger partial charge is 0.398 e. The standard InChI is InChI=1S/C12H12BrN3O2/c1-7-5-16(12(18)15-11(7)17)6-8-2-3-9(13)10(14)4-8/h2-5H,6,14H2,1H3,(H,15,17,18). The molecule has 0 unspecified atom stereocenters. The van der Waals surface area contributed by atoms with Crippen LogP contribution in [-0.2, 0) is 6.54 Å². The molecule has 0 bridgehead atoms. The molecule has 1 aromatic heterocycles. The number of nitrogens with one attached hydrogen (secondary N) is 1. The van der Waals surface area contributed by atoms with Gasteiger partial charge in [-0.15, -0.1) is 0 Å². The van der Waals surface area contributed by atoms with Crippen LogP contribution in [0.3, 0.4) is 0 Å². The Bertz CT molecular complexity index is 703. The van der Waals surface area contributed by atoms with Gasteiger partial charge in [0.1, 0.15) is 0 Å². The van der Waals surface area contributed by atoms with E-state index in [0.717, 1.165) is 10.0 Å². The Labute approximate surface area is 111 Å². The zero-order valence-electron chi connectivity index (χ0n) is 9.74. The number of H-pyrrole nitrogens is 1. The number of nitrogen functional groups attached to an aromatic ring is 1. The van der Waals surface area contributed by atoms with Crippen LogP contribution < -0.4 is 17.0 Å². The fourth-order valence-electron chi connectivity index (χ4n) is 1.62. The molecule has 2 rings (SSSR count). The monoisotopic (exact) mass is 309 g/mol. The highest BCUT2D eigenvalue weighted by Crippen LogP contribution is 2.20. The molecule has 5 nitrogen and oxygen atoms in total. The molecule has 3 N–H and O–H groups in total. The number of aromatic nitrogens is 2. The lowest BCUT2D eigenvalue weighted by molar-refractivity contribution is 0.713. The summed E-state index contributed by atoms with van der Waals surface area (Å²) in [4.78, 5) is 25.1. The zero-order chi connectivity index (χ0) is 13.3. The second-order valence-corrected chi connectivity index (χ2v) is 4.91. The Kier molecular flexibility index (Phi) is 3.38. The van der Waals surface area contributed by atoms with Crippen molar-refractivity contribution >= 4 is 21.6 Å². The second kappa shape index (κ2) is 4.81. The second-order valence-electron chi connectivity index (χ2n) is 4.06. The van der Waals surface area contributed by atoms with Crippen LogP contribution in [0.5, 0.6) is 0 Å². The first kappa shape index (κ1) is 12.6. The van der Waals surface area contributed by atoms with E-state index in [2.05, 4.69) is 20.9 Å². The van der Waals surface area contributed by atoms with Crippen molar-refractivity contribution in [1.82, 2.24) is 9.55 Å². The van der Waals surface area contributed by atoms with Crippen molar-refractivity contribution in [2.75, 3.05) is 5.73 Å². The van der Waals surface area contributed by atoms with E-state index < -0.39 is 5.69 Å². The predicted octanol–water partition coefficient (Wildman–Crippen LogP) is 1.24. The summed E-state index contributed by atoms with van der Waals surface area (Å²) in [5, 5.41) is 0. The van der Waals surface area contributed by atoms with E-state index in [0.29, 0.717) is 17.8 Å². The Morgan fingerprint density at radius 3 is 2.78 bits per heavy atom. The highest BCUT2D eigenvalue weighted by molar-refractivity contribution is 9.10. The lowest BCUT2D eigenvalue weighted by Crippen LogP contribution is -2.31. The van der Waals surface area contributed by atoms with Gasteiger partial charge in [0.05, 0.1) is 6.54 Å². The van der Waals surface area contributed by atoms with Crippen molar-refractivity contribution in [1.29, 1.82) is 0 Å². The SMILES string of the molecule is Cc1cn(Cc2ccc(Br)c(N)c2)c(=O)[nH]c1=O. The number of halogens is 1. The molecule has 0 amide bonds. The highest BCUT2D eigenvalue weighted by atomic mass is 79.9. The minimum Gasteiger partial charge on any atom is -0.398 e. The van der Waals surface area contributed by atoms with Gasteiger partial charge in [0, 0.05) is 21.9 Å². The Balaban J connectivity index is 2.40. The van der Waals surface area contributed by atoms with Crippen LogP contribution in [-0.4, -0.2) is 9.55 Å². The number of aryl methyl sites for hydroxylation is 1. The van der Waals surface area contributed by atoms with E-state index in [1.54, 1.807) is 19.2 Å². The summed E-state index contributed by atoms with van der Waals surface area (Å²) in [5.74, 6) is 0. The molecule has 0 aliphatic carbocycles. The average molecular weight is 310 g/mol. The van der Waals surface area contributed by atoms with Gasteiger partial charge in [-0.05, 0) is 40.5 Å². The van der Waals surface area contributed by atoms with Crippen molar-refractivity contribution in [2.24, 2.45) is 0 Å². The van der Waals surface area contributed by atoms with E-state index in [9.17, 15) is 9.59 Å². The van der Waals surface area contributed by atoms with Crippen LogP contribution in [0.4, 0.5) is 5.69 Å². The summed E-state index contributed by atoms with van der Waals surface area (Å²) in [6, 6.07) is 5.48. The van der Waals surface area contributed by atoms with Crippen molar-refractivity contribution in [2.45, 2.75) is 13.5 Å². The molecule has 0 aliphatic rings. The third-order valence-electron chi connectivity index (χ3n) is 2.60. The first-order valence-corrected chi connectivity index (χ1v) is 6.11. The van der Waals surface area contributed by atoms with Crippen LogP contribution in [0.25, 0.3) is 0 Å². The number of hydrogen-bond donors (Lipinski definition) is 2. The van der Waals surface area contributed by atoms with Crippen molar-refractivity contribution in [3.8, 4) is 0 Å². The van der Waals surface area contributed by atoms with E-state index in [-0.39, 0.29) is 5.56 Å². The Hall–Kier alpha value is -1.82. The maximum absolute atomic E-state index is 11.6. The number of rotatable bonds is 2. The maximum atomic E-state index is 11.6. The average Bonchev–Trinajstić information content (AvgIpc) is 2.31. The number of anilines is 1. The molecule has 1 heterocycles. The fourth-order valence-corrected chi connectivity index (χ4v) is 1.87. The molecular formula is C12H12BrN3O2. The third-order valence-corrected chi connectivity index (χ3v) is 3.32. The summed E-state index contributed by atoms with van der Waals surface area (Å²) in [6.07, 6.45) is 1.54. The van der Waals surface area contributed by atoms with Gasteiger partial charge in [-0.25, -0.2) is 4.79 Å². The fraction of sp³-hybridized carbons (Fsp3) is 0.167. The Morgan fingerprint density at radius 1 is 1.39 bits per heavy atom. The van der Waals surface area contributed by atoms with Crippen molar-refractivity contribution in [3.05, 3.63) is 60.8 Å². The lowest BCUT2D eigenvalue weighted by Gasteiger charge is -2.07. The predicted molar refractivity (Wildman–Crippen MR) is 73.7 cm³/mol. The van der Waals surface area contributed by atoms with E-state index in [1.165, 1.54) is 4.57 Å². The minimum absolute atomic E-state index is 0.355. The number of benzene rings is 1. The molecule has 6 heteroatoms. The third kappa shape index (κ3) is 2.53. The summed E-state index contributed by atoms with van der Waals surface area (Å²) < 4.78 is 2.26. The number of hydrogen-bond acceptors (Lipinski definition) is 3. The van der Waals surface area contributed by atoms with Gasteiger partial charge >= 0.3 is 5.69 Å². The maximum Gasteiger partial charge on any atom is 0.328 e. The normalized spacial score (nSPS) is 10.6. The first-order valence-electron chi connectivity index (χ1n) is 5.31. The van der Waals surface area contributed by atoms with Gasteiger partial charge in [-0.1, -0.05) is 6.07 Å². The molecule has 18 heavy (non-hydrogen) atoms. The van der Waals surface area contributed by atoms with E-state index >= 15 is 0 Å². The quantitative estimate of drug-likeness (QED) is 0.819. The summed E-state index contributed by atoms with van der Waals surface area (Å²) in [5.41, 5.74) is 7.00. The van der Waals surface area contributed by atoms with E-state index in [4.69, 9.17) is 5.73 Å². The molecular weight excluding hydrogens is 298 g/mol. The van der Waals surface area contributed by atoms with Gasteiger partial charge in [0.15, 0.2) is 0 Å². The zero-order valence-corrected chi connectivity index (χ0v) is 11.3. The van der Waals surface area contributed by atoms with Crippen molar-refractivity contribution in [3.63, 3.8) is 0 Å². The van der Waals surface area contributed by atoms with E-state index in [1.807, 2.05) is 12.1 Å². The smallest absolute Gasteiger partial charge is 0.328 e. The summed E-state index contributed by atoms with van der Waals surface area (Å²) >= 11 is 3.31. The van der Waals surface area contributed by atoms with Crippen LogP contribution in [0.2, 0.25) is 0 Å². The number of aromatic amines is 1. The van der Waals surface area contributed by atoms with Gasteiger partial charge < -0.3 is 5.73 Å². The summed E-state index contributed by atoms with van der Waals surface area (Å²) in [7, 11) is 0. The van der Waals surface area contributed by atoms with Gasteiger partial charge in [0.2, 0.25) is 0 Å². The molecule has 2 aromatic rings.